The number of hydrogen-bond donors (Lipinski definition) is 0. The molecule has 0 bridgehead atoms. The van der Waals surface area contributed by atoms with Crippen LogP contribution in [0.4, 0.5) is 4.79 Å². The Hall–Kier alpha value is -0.930. The van der Waals surface area contributed by atoms with Crippen LogP contribution in [0, 0.1) is 5.92 Å². The van der Waals surface area contributed by atoms with Crippen molar-refractivity contribution in [2.24, 2.45) is 5.92 Å². The van der Waals surface area contributed by atoms with Crippen LogP contribution in [0.25, 0.3) is 0 Å². The summed E-state index contributed by atoms with van der Waals surface area (Å²) in [4.78, 5) is 11.3. The maximum Gasteiger partial charge on any atom is 0.515 e. The average Bonchev–Trinajstić information content (AvgIpc) is 2.21. The summed E-state index contributed by atoms with van der Waals surface area (Å²) < 4.78 is 9.70. The van der Waals surface area contributed by atoms with Crippen LogP contribution in [0.2, 0.25) is 5.02 Å². The van der Waals surface area contributed by atoms with E-state index in [1.165, 1.54) is 0 Å². The Morgan fingerprint density at radius 1 is 1.31 bits per heavy atom. The first kappa shape index (κ1) is 13.1. The maximum atomic E-state index is 11.3. The van der Waals surface area contributed by atoms with Gasteiger partial charge in [0.05, 0.1) is 5.02 Å². The molecule has 1 unspecified atom stereocenters. The third kappa shape index (κ3) is 3.91. The monoisotopic (exact) mass is 262 g/mol. The topological polar surface area (TPSA) is 35.5 Å². The number of rotatable bonds is 3. The van der Waals surface area contributed by atoms with Gasteiger partial charge in [0.2, 0.25) is 0 Å². The molecular weight excluding hydrogens is 251 g/mol. The van der Waals surface area contributed by atoms with E-state index in [1.807, 2.05) is 13.8 Å². The third-order valence-corrected chi connectivity index (χ3v) is 2.67. The van der Waals surface area contributed by atoms with E-state index < -0.39 is 11.7 Å². The predicted molar refractivity (Wildman–Crippen MR) is 63.0 cm³/mol. The number of halogens is 2. The predicted octanol–water partition coefficient (Wildman–Crippen LogP) is 4.08. The van der Waals surface area contributed by atoms with E-state index >= 15 is 0 Å². The zero-order valence-corrected chi connectivity index (χ0v) is 10.5. The fourth-order valence-electron chi connectivity index (χ4n) is 0.869. The van der Waals surface area contributed by atoms with Gasteiger partial charge >= 0.3 is 6.16 Å². The van der Waals surface area contributed by atoms with Gasteiger partial charge < -0.3 is 9.47 Å². The molecule has 1 rings (SSSR count). The number of carbonyl (C=O) groups is 1. The summed E-state index contributed by atoms with van der Waals surface area (Å²) in [5.74, 6) is 0.266. The zero-order chi connectivity index (χ0) is 12.1. The fourth-order valence-corrected chi connectivity index (χ4v) is 1.12. The summed E-state index contributed by atoms with van der Waals surface area (Å²) in [7, 11) is 0. The summed E-state index contributed by atoms with van der Waals surface area (Å²) >= 11 is 11.6. The lowest BCUT2D eigenvalue weighted by Crippen LogP contribution is -2.20. The van der Waals surface area contributed by atoms with Crippen molar-refractivity contribution in [3.8, 4) is 5.75 Å². The number of para-hydroxylation sites is 1. The first-order valence-corrected chi connectivity index (χ1v) is 5.59. The van der Waals surface area contributed by atoms with Crippen LogP contribution < -0.4 is 4.74 Å². The Morgan fingerprint density at radius 2 is 1.94 bits per heavy atom. The fraction of sp³-hybridized carbons (Fsp3) is 0.364. The van der Waals surface area contributed by atoms with Crippen molar-refractivity contribution >= 4 is 29.4 Å². The Morgan fingerprint density at radius 3 is 2.50 bits per heavy atom. The highest BCUT2D eigenvalue weighted by molar-refractivity contribution is 6.32. The molecule has 1 aromatic carbocycles. The molecule has 0 N–H and O–H groups in total. The molecule has 0 aliphatic heterocycles. The van der Waals surface area contributed by atoms with Crippen LogP contribution in [0.1, 0.15) is 13.8 Å². The summed E-state index contributed by atoms with van der Waals surface area (Å²) in [5, 5.41) is 0.343. The molecule has 1 aromatic rings. The standard InChI is InChI=1S/C11H12Cl2O3/c1-7(2)10(13)16-11(14)15-9-6-4-3-5-8(9)12/h3-7,10H,1-2H3. The van der Waals surface area contributed by atoms with Gasteiger partial charge in [-0.2, -0.15) is 0 Å². The number of ether oxygens (including phenoxy) is 2. The van der Waals surface area contributed by atoms with E-state index in [-0.39, 0.29) is 11.7 Å². The minimum absolute atomic E-state index is 0.0143. The van der Waals surface area contributed by atoms with E-state index in [9.17, 15) is 4.79 Å². The van der Waals surface area contributed by atoms with Gasteiger partial charge in [-0.3, -0.25) is 0 Å². The van der Waals surface area contributed by atoms with Gasteiger partial charge in [-0.05, 0) is 12.1 Å². The summed E-state index contributed by atoms with van der Waals surface area (Å²) in [5.41, 5.74) is -0.713. The van der Waals surface area contributed by atoms with Crippen LogP contribution >= 0.6 is 23.2 Å². The number of benzene rings is 1. The first-order chi connectivity index (χ1) is 7.50. The molecule has 3 nitrogen and oxygen atoms in total. The minimum Gasteiger partial charge on any atom is -0.414 e. The van der Waals surface area contributed by atoms with Crippen molar-refractivity contribution in [3.05, 3.63) is 29.3 Å². The highest BCUT2D eigenvalue weighted by atomic mass is 35.5. The summed E-state index contributed by atoms with van der Waals surface area (Å²) in [6, 6.07) is 6.63. The van der Waals surface area contributed by atoms with Crippen LogP contribution in [0.15, 0.2) is 24.3 Å². The highest BCUT2D eigenvalue weighted by Gasteiger charge is 2.17. The Bertz CT molecular complexity index is 366. The van der Waals surface area contributed by atoms with Crippen molar-refractivity contribution in [3.63, 3.8) is 0 Å². The normalized spacial score (nSPS) is 12.3. The summed E-state index contributed by atoms with van der Waals surface area (Å²) in [6.45, 7) is 3.67. The SMILES string of the molecule is CC(C)C(Cl)OC(=O)Oc1ccccc1Cl. The number of hydrogen-bond acceptors (Lipinski definition) is 3. The lowest BCUT2D eigenvalue weighted by atomic mass is 10.2. The van der Waals surface area contributed by atoms with Crippen molar-refractivity contribution in [2.75, 3.05) is 0 Å². The van der Waals surface area contributed by atoms with E-state index in [0.717, 1.165) is 0 Å². The zero-order valence-electron chi connectivity index (χ0n) is 8.94. The molecule has 0 aromatic heterocycles. The Kier molecular flexibility index (Phi) is 4.90. The number of alkyl halides is 1. The van der Waals surface area contributed by atoms with Gasteiger partial charge in [0.1, 0.15) is 0 Å². The van der Waals surface area contributed by atoms with Crippen molar-refractivity contribution in [1.82, 2.24) is 0 Å². The molecule has 1 atom stereocenters. The minimum atomic E-state index is -0.859. The molecule has 16 heavy (non-hydrogen) atoms. The van der Waals surface area contributed by atoms with Gasteiger partial charge in [0.25, 0.3) is 0 Å². The van der Waals surface area contributed by atoms with E-state index in [0.29, 0.717) is 5.02 Å². The maximum absolute atomic E-state index is 11.3. The smallest absolute Gasteiger partial charge is 0.414 e. The van der Waals surface area contributed by atoms with Crippen LogP contribution in [-0.4, -0.2) is 11.7 Å². The van der Waals surface area contributed by atoms with E-state index in [2.05, 4.69) is 0 Å². The molecule has 88 valence electrons. The molecule has 0 aliphatic carbocycles. The molecule has 0 amide bonds. The molecule has 0 saturated carbocycles. The second kappa shape index (κ2) is 5.97. The second-order valence-corrected chi connectivity index (χ2v) is 4.33. The van der Waals surface area contributed by atoms with Gasteiger partial charge in [-0.15, -0.1) is 0 Å². The molecule has 0 spiro atoms. The van der Waals surface area contributed by atoms with Crippen LogP contribution in [0.3, 0.4) is 0 Å². The van der Waals surface area contributed by atoms with E-state index in [1.54, 1.807) is 24.3 Å². The van der Waals surface area contributed by atoms with Crippen molar-refractivity contribution < 1.29 is 14.3 Å². The quantitative estimate of drug-likeness (QED) is 0.468. The Labute approximate surface area is 104 Å². The van der Waals surface area contributed by atoms with Crippen molar-refractivity contribution in [1.29, 1.82) is 0 Å². The molecule has 0 heterocycles. The lowest BCUT2D eigenvalue weighted by molar-refractivity contribution is 0.0726. The highest BCUT2D eigenvalue weighted by Crippen LogP contribution is 2.24. The molecule has 0 saturated heterocycles. The first-order valence-electron chi connectivity index (χ1n) is 4.77. The molecule has 0 radical (unpaired) electrons. The summed E-state index contributed by atoms with van der Waals surface area (Å²) in [6.07, 6.45) is -0.859. The Balaban J connectivity index is 2.55. The molecule has 0 fully saturated rings. The largest absolute Gasteiger partial charge is 0.515 e. The molecule has 5 heteroatoms. The van der Waals surface area contributed by atoms with Gasteiger partial charge in [-0.25, -0.2) is 4.79 Å². The third-order valence-electron chi connectivity index (χ3n) is 1.76. The number of carbonyl (C=O) groups excluding carboxylic acids is 1. The van der Waals surface area contributed by atoms with E-state index in [4.69, 9.17) is 32.7 Å². The van der Waals surface area contributed by atoms with Crippen LogP contribution in [-0.2, 0) is 4.74 Å². The lowest BCUT2D eigenvalue weighted by Gasteiger charge is -2.14. The second-order valence-electron chi connectivity index (χ2n) is 3.50. The van der Waals surface area contributed by atoms with Crippen LogP contribution in [0.5, 0.6) is 5.75 Å². The molecule has 0 aliphatic rings. The molecular formula is C11H12Cl2O3. The van der Waals surface area contributed by atoms with Gasteiger partial charge in [0, 0.05) is 5.92 Å². The van der Waals surface area contributed by atoms with Gasteiger partial charge in [-0.1, -0.05) is 49.2 Å². The average molecular weight is 263 g/mol. The van der Waals surface area contributed by atoms with Gasteiger partial charge in [0.15, 0.2) is 11.3 Å². The van der Waals surface area contributed by atoms with Crippen molar-refractivity contribution in [2.45, 2.75) is 19.4 Å².